The molecule has 6 nitrogen and oxygen atoms in total. The maximum atomic E-state index is 12.4. The Morgan fingerprint density at radius 3 is 2.42 bits per heavy atom. The van der Waals surface area contributed by atoms with Gasteiger partial charge in [-0.2, -0.15) is 5.26 Å². The number of aliphatic hydroxyl groups is 1. The molecule has 6 heteroatoms. The van der Waals surface area contributed by atoms with Gasteiger partial charge in [-0.15, -0.1) is 0 Å². The predicted octanol–water partition coefficient (Wildman–Crippen LogP) is 2.31. The lowest BCUT2D eigenvalue weighted by atomic mass is 9.47. The van der Waals surface area contributed by atoms with E-state index in [0.29, 0.717) is 18.3 Å². The Morgan fingerprint density at radius 2 is 1.92 bits per heavy atom. The molecule has 5 atom stereocenters. The standard InChI is InChI=1S/C20H30N2O4/c1-13(2)18(3,12-21)22-16(23)10-26-17(24)9-19-5-14-4-15(6-19)8-20(25,7-14)11-19/h13-15,25H,4-11H2,1-3H3,(H,22,23)/t14-,15+,18-,19?,20?/m1/s1. The molecule has 1 amide bonds. The Morgan fingerprint density at radius 1 is 1.31 bits per heavy atom. The lowest BCUT2D eigenvalue weighted by Crippen LogP contribution is -2.56. The normalized spacial score (nSPS) is 37.1. The quantitative estimate of drug-likeness (QED) is 0.706. The van der Waals surface area contributed by atoms with Gasteiger partial charge in [0.1, 0.15) is 5.54 Å². The van der Waals surface area contributed by atoms with Crippen LogP contribution in [0.15, 0.2) is 0 Å². The van der Waals surface area contributed by atoms with Gasteiger partial charge in [0.05, 0.1) is 18.1 Å². The van der Waals surface area contributed by atoms with Gasteiger partial charge < -0.3 is 15.2 Å². The summed E-state index contributed by atoms with van der Waals surface area (Å²) in [5.74, 6) is 0.133. The fourth-order valence-corrected chi connectivity index (χ4v) is 5.74. The molecule has 4 aliphatic carbocycles. The van der Waals surface area contributed by atoms with Crippen LogP contribution in [-0.2, 0) is 14.3 Å². The van der Waals surface area contributed by atoms with Crippen molar-refractivity contribution in [3.05, 3.63) is 0 Å². The van der Waals surface area contributed by atoms with Crippen LogP contribution < -0.4 is 5.32 Å². The van der Waals surface area contributed by atoms with Gasteiger partial charge in [0.2, 0.25) is 0 Å². The van der Waals surface area contributed by atoms with E-state index in [0.717, 1.165) is 25.7 Å². The van der Waals surface area contributed by atoms with Crippen molar-refractivity contribution >= 4 is 11.9 Å². The Labute approximate surface area is 155 Å². The highest BCUT2D eigenvalue weighted by molar-refractivity contribution is 5.81. The zero-order chi connectivity index (χ0) is 19.2. The third-order valence-corrected chi connectivity index (χ3v) is 6.82. The number of rotatable bonds is 6. The van der Waals surface area contributed by atoms with Gasteiger partial charge in [-0.05, 0) is 68.6 Å². The molecule has 4 saturated carbocycles. The van der Waals surface area contributed by atoms with E-state index in [-0.39, 0.29) is 30.3 Å². The molecule has 0 heterocycles. The van der Waals surface area contributed by atoms with Gasteiger partial charge >= 0.3 is 5.97 Å². The number of carbonyl (C=O) groups is 2. The molecule has 0 radical (unpaired) electrons. The Balaban J connectivity index is 1.52. The van der Waals surface area contributed by atoms with E-state index in [1.807, 2.05) is 13.8 Å². The number of carbonyl (C=O) groups excluding carboxylic acids is 2. The van der Waals surface area contributed by atoms with Crippen molar-refractivity contribution in [3.8, 4) is 6.07 Å². The largest absolute Gasteiger partial charge is 0.456 e. The molecule has 144 valence electrons. The van der Waals surface area contributed by atoms with E-state index in [2.05, 4.69) is 11.4 Å². The average molecular weight is 362 g/mol. The molecular weight excluding hydrogens is 332 g/mol. The zero-order valence-electron chi connectivity index (χ0n) is 16.0. The smallest absolute Gasteiger partial charge is 0.306 e. The fourth-order valence-electron chi connectivity index (χ4n) is 5.74. The van der Waals surface area contributed by atoms with Crippen LogP contribution in [0.25, 0.3) is 0 Å². The highest BCUT2D eigenvalue weighted by Gasteiger charge is 2.57. The number of hydrogen-bond donors (Lipinski definition) is 2. The molecule has 0 aromatic heterocycles. The molecule has 0 saturated heterocycles. The first-order valence-corrected chi connectivity index (χ1v) is 9.67. The highest BCUT2D eigenvalue weighted by atomic mass is 16.5. The van der Waals surface area contributed by atoms with Crippen LogP contribution in [0.1, 0.15) is 65.7 Å². The molecule has 2 unspecified atom stereocenters. The monoisotopic (exact) mass is 362 g/mol. The Kier molecular flexibility index (Phi) is 4.81. The number of nitrogens with one attached hydrogen (secondary N) is 1. The number of esters is 1. The third-order valence-electron chi connectivity index (χ3n) is 6.82. The minimum atomic E-state index is -0.979. The molecule has 0 aromatic rings. The van der Waals surface area contributed by atoms with Crippen LogP contribution in [0.3, 0.4) is 0 Å². The zero-order valence-corrected chi connectivity index (χ0v) is 16.0. The van der Waals surface area contributed by atoms with Gasteiger partial charge in [0.25, 0.3) is 5.91 Å². The summed E-state index contributed by atoms with van der Waals surface area (Å²) >= 11 is 0. The lowest BCUT2D eigenvalue weighted by molar-refractivity contribution is -0.177. The van der Waals surface area contributed by atoms with Crippen molar-refractivity contribution < 1.29 is 19.4 Å². The molecule has 4 rings (SSSR count). The molecule has 4 aliphatic rings. The maximum Gasteiger partial charge on any atom is 0.306 e. The molecular formula is C20H30N2O4. The topological polar surface area (TPSA) is 99.4 Å². The van der Waals surface area contributed by atoms with Gasteiger partial charge in [0.15, 0.2) is 6.61 Å². The Bertz CT molecular complexity index is 624. The van der Waals surface area contributed by atoms with E-state index < -0.39 is 17.0 Å². The molecule has 0 aliphatic heterocycles. The number of nitriles is 1. The summed E-state index contributed by atoms with van der Waals surface area (Å²) in [6.45, 7) is 5.00. The van der Waals surface area contributed by atoms with Gasteiger partial charge in [0, 0.05) is 0 Å². The first kappa shape index (κ1) is 19.2. The SMILES string of the molecule is CC(C)[C@@](C)(C#N)NC(=O)COC(=O)CC12C[C@@H]3C[C@@H](CC(O)(C3)C1)C2. The summed E-state index contributed by atoms with van der Waals surface area (Å²) < 4.78 is 5.20. The molecule has 26 heavy (non-hydrogen) atoms. The first-order valence-electron chi connectivity index (χ1n) is 9.67. The van der Waals surface area contributed by atoms with E-state index in [1.165, 1.54) is 6.42 Å². The number of hydrogen-bond acceptors (Lipinski definition) is 5. The summed E-state index contributed by atoms with van der Waals surface area (Å²) in [5, 5.41) is 22.7. The number of ether oxygens (including phenoxy) is 1. The summed E-state index contributed by atoms with van der Waals surface area (Å²) in [4.78, 5) is 24.4. The highest BCUT2D eigenvalue weighted by Crippen LogP contribution is 2.62. The minimum Gasteiger partial charge on any atom is -0.456 e. The molecule has 2 N–H and O–H groups in total. The van der Waals surface area contributed by atoms with Crippen LogP contribution in [0.2, 0.25) is 0 Å². The lowest BCUT2D eigenvalue weighted by Gasteiger charge is -2.60. The third kappa shape index (κ3) is 3.73. The summed E-state index contributed by atoms with van der Waals surface area (Å²) in [6, 6.07) is 2.10. The molecule has 0 aromatic carbocycles. The maximum absolute atomic E-state index is 12.4. The number of nitrogens with zero attached hydrogens (tertiary/aromatic N) is 1. The van der Waals surface area contributed by atoms with Crippen molar-refractivity contribution in [1.29, 1.82) is 5.26 Å². The van der Waals surface area contributed by atoms with Gasteiger partial charge in [-0.25, -0.2) is 0 Å². The average Bonchev–Trinajstić information content (AvgIpc) is 2.49. The Hall–Kier alpha value is -1.61. The van der Waals surface area contributed by atoms with Crippen LogP contribution >= 0.6 is 0 Å². The van der Waals surface area contributed by atoms with Crippen molar-refractivity contribution in [2.45, 2.75) is 76.9 Å². The summed E-state index contributed by atoms with van der Waals surface area (Å²) in [6.07, 6.45) is 5.81. The second-order valence-electron chi connectivity index (χ2n) is 9.54. The van der Waals surface area contributed by atoms with E-state index in [4.69, 9.17) is 4.74 Å². The van der Waals surface area contributed by atoms with Crippen molar-refractivity contribution in [2.75, 3.05) is 6.61 Å². The van der Waals surface area contributed by atoms with Crippen molar-refractivity contribution in [2.24, 2.45) is 23.2 Å². The van der Waals surface area contributed by atoms with Crippen LogP contribution in [0.4, 0.5) is 0 Å². The van der Waals surface area contributed by atoms with Crippen LogP contribution in [0.5, 0.6) is 0 Å². The summed E-state index contributed by atoms with van der Waals surface area (Å²) in [7, 11) is 0. The fraction of sp³-hybridized carbons (Fsp3) is 0.850. The van der Waals surface area contributed by atoms with E-state index >= 15 is 0 Å². The molecule has 0 spiro atoms. The minimum absolute atomic E-state index is 0.0556. The van der Waals surface area contributed by atoms with Gasteiger partial charge in [-0.3, -0.25) is 9.59 Å². The van der Waals surface area contributed by atoms with Crippen molar-refractivity contribution in [1.82, 2.24) is 5.32 Å². The number of amides is 1. The van der Waals surface area contributed by atoms with Gasteiger partial charge in [-0.1, -0.05) is 13.8 Å². The molecule has 4 fully saturated rings. The van der Waals surface area contributed by atoms with Crippen LogP contribution in [0, 0.1) is 34.5 Å². The van der Waals surface area contributed by atoms with E-state index in [9.17, 15) is 20.0 Å². The second-order valence-corrected chi connectivity index (χ2v) is 9.54. The van der Waals surface area contributed by atoms with Crippen molar-refractivity contribution in [3.63, 3.8) is 0 Å². The molecule has 4 bridgehead atoms. The van der Waals surface area contributed by atoms with E-state index in [1.54, 1.807) is 6.92 Å². The second kappa shape index (κ2) is 6.53. The first-order chi connectivity index (χ1) is 12.1. The predicted molar refractivity (Wildman–Crippen MR) is 94.6 cm³/mol. The van der Waals surface area contributed by atoms with Crippen LogP contribution in [-0.4, -0.2) is 34.7 Å². The summed E-state index contributed by atoms with van der Waals surface area (Å²) in [5.41, 5.74) is -1.74.